The van der Waals surface area contributed by atoms with Crippen LogP contribution in [0.5, 0.6) is 17.2 Å². The molecule has 152 valence electrons. The highest BCUT2D eigenvalue weighted by atomic mass is 16.5. The maximum absolute atomic E-state index is 12.4. The third-order valence-corrected chi connectivity index (χ3v) is 5.01. The molecule has 1 aliphatic heterocycles. The normalized spacial score (nSPS) is 12.8. The number of hydrogen-bond acceptors (Lipinski definition) is 6. The molecule has 3 aromatic rings. The Balaban J connectivity index is 1.42. The number of carbonyl (C=O) groups is 1. The van der Waals surface area contributed by atoms with Crippen molar-refractivity contribution in [3.63, 3.8) is 0 Å². The Hall–Kier alpha value is -4.00. The topological polar surface area (TPSA) is 94.4 Å². The predicted octanol–water partition coefficient (Wildman–Crippen LogP) is 3.39. The van der Waals surface area contributed by atoms with Gasteiger partial charge in [-0.3, -0.25) is 4.79 Å². The number of phenols is 2. The average Bonchev–Trinajstić information content (AvgIpc) is 3.18. The smallest absolute Gasteiger partial charge is 0.271 e. The third kappa shape index (κ3) is 4.05. The van der Waals surface area contributed by atoms with E-state index in [-0.39, 0.29) is 17.4 Å². The number of carbonyl (C=O) groups excluding carboxylic acids is 1. The molecule has 7 nitrogen and oxygen atoms in total. The standard InChI is InChI=1S/C23H21N3O4/c1-30-21-8-5-19(6-9-21)26-13-17-3-2-15(10-18(17)14-26)23(29)25-24-12-16-4-7-20(27)11-22(16)28/h2-12,27-28H,13-14H2,1H3,(H,25,29)/b24-12+. The molecule has 0 aliphatic carbocycles. The van der Waals surface area contributed by atoms with E-state index in [9.17, 15) is 15.0 Å². The van der Waals surface area contributed by atoms with E-state index in [1.807, 2.05) is 36.4 Å². The molecular formula is C23H21N3O4. The number of ether oxygens (including phenoxy) is 1. The van der Waals surface area contributed by atoms with Gasteiger partial charge in [0.2, 0.25) is 0 Å². The van der Waals surface area contributed by atoms with E-state index in [4.69, 9.17) is 4.74 Å². The summed E-state index contributed by atoms with van der Waals surface area (Å²) in [6, 6.07) is 17.7. The van der Waals surface area contributed by atoms with Crippen LogP contribution in [0.1, 0.15) is 27.0 Å². The number of rotatable bonds is 5. The molecule has 0 aromatic heterocycles. The van der Waals surface area contributed by atoms with Crippen molar-refractivity contribution < 1.29 is 19.7 Å². The Bertz CT molecular complexity index is 1110. The van der Waals surface area contributed by atoms with E-state index in [1.165, 1.54) is 30.0 Å². The predicted molar refractivity (Wildman–Crippen MR) is 114 cm³/mol. The molecule has 0 fully saturated rings. The zero-order chi connectivity index (χ0) is 21.1. The molecular weight excluding hydrogens is 382 g/mol. The lowest BCUT2D eigenvalue weighted by Gasteiger charge is -2.17. The summed E-state index contributed by atoms with van der Waals surface area (Å²) < 4.78 is 5.21. The number of hydrogen-bond donors (Lipinski definition) is 3. The lowest BCUT2D eigenvalue weighted by molar-refractivity contribution is 0.0955. The van der Waals surface area contributed by atoms with Crippen molar-refractivity contribution in [1.29, 1.82) is 0 Å². The van der Waals surface area contributed by atoms with Crippen LogP contribution in [-0.2, 0) is 13.1 Å². The van der Waals surface area contributed by atoms with Crippen molar-refractivity contribution in [2.24, 2.45) is 5.10 Å². The van der Waals surface area contributed by atoms with Gasteiger partial charge in [0.1, 0.15) is 17.2 Å². The maximum atomic E-state index is 12.4. The highest BCUT2D eigenvalue weighted by molar-refractivity contribution is 5.95. The lowest BCUT2D eigenvalue weighted by Crippen LogP contribution is -2.18. The molecule has 1 amide bonds. The number of fused-ring (bicyclic) bond motifs is 1. The number of anilines is 1. The van der Waals surface area contributed by atoms with E-state index in [0.29, 0.717) is 17.7 Å². The van der Waals surface area contributed by atoms with Crippen LogP contribution >= 0.6 is 0 Å². The summed E-state index contributed by atoms with van der Waals surface area (Å²) in [6.07, 6.45) is 1.32. The molecule has 0 bridgehead atoms. The summed E-state index contributed by atoms with van der Waals surface area (Å²) in [5, 5.41) is 23.0. The molecule has 30 heavy (non-hydrogen) atoms. The molecule has 0 saturated carbocycles. The quantitative estimate of drug-likeness (QED) is 0.448. The summed E-state index contributed by atoms with van der Waals surface area (Å²) in [5.74, 6) is 0.311. The second kappa shape index (κ2) is 8.16. The first-order valence-corrected chi connectivity index (χ1v) is 9.39. The van der Waals surface area contributed by atoms with Gasteiger partial charge in [-0.15, -0.1) is 0 Å². The van der Waals surface area contributed by atoms with E-state index >= 15 is 0 Å². The van der Waals surface area contributed by atoms with Crippen LogP contribution in [0.3, 0.4) is 0 Å². The Kier molecular flexibility index (Phi) is 5.26. The van der Waals surface area contributed by atoms with E-state index < -0.39 is 0 Å². The third-order valence-electron chi connectivity index (χ3n) is 5.01. The van der Waals surface area contributed by atoms with Gasteiger partial charge in [-0.05, 0) is 59.7 Å². The summed E-state index contributed by atoms with van der Waals surface area (Å²) >= 11 is 0. The van der Waals surface area contributed by atoms with Crippen molar-refractivity contribution in [3.05, 3.63) is 82.9 Å². The molecule has 0 spiro atoms. The maximum Gasteiger partial charge on any atom is 0.271 e. The van der Waals surface area contributed by atoms with Gasteiger partial charge < -0.3 is 19.8 Å². The lowest BCUT2D eigenvalue weighted by atomic mass is 10.1. The SMILES string of the molecule is COc1ccc(N2Cc3ccc(C(=O)N/N=C/c4ccc(O)cc4O)cc3C2)cc1. The first-order chi connectivity index (χ1) is 14.5. The summed E-state index contributed by atoms with van der Waals surface area (Å²) in [7, 11) is 1.64. The van der Waals surface area contributed by atoms with Crippen LogP contribution in [0.4, 0.5) is 5.69 Å². The zero-order valence-corrected chi connectivity index (χ0v) is 16.4. The molecule has 1 aliphatic rings. The monoisotopic (exact) mass is 403 g/mol. The molecule has 3 aromatic carbocycles. The number of methoxy groups -OCH3 is 1. The first-order valence-electron chi connectivity index (χ1n) is 9.39. The van der Waals surface area contributed by atoms with E-state index in [1.54, 1.807) is 13.2 Å². The van der Waals surface area contributed by atoms with Gasteiger partial charge in [0, 0.05) is 36.0 Å². The van der Waals surface area contributed by atoms with Crippen LogP contribution in [-0.4, -0.2) is 29.4 Å². The van der Waals surface area contributed by atoms with Gasteiger partial charge in [-0.1, -0.05) is 6.07 Å². The summed E-state index contributed by atoms with van der Waals surface area (Å²) in [6.45, 7) is 1.50. The second-order valence-electron chi connectivity index (χ2n) is 6.98. The Morgan fingerprint density at radius 3 is 2.53 bits per heavy atom. The van der Waals surface area contributed by atoms with Gasteiger partial charge in [0.25, 0.3) is 5.91 Å². The van der Waals surface area contributed by atoms with Crippen LogP contribution in [0.2, 0.25) is 0 Å². The number of nitrogens with zero attached hydrogens (tertiary/aromatic N) is 2. The molecule has 4 rings (SSSR count). The molecule has 1 heterocycles. The highest BCUT2D eigenvalue weighted by Gasteiger charge is 2.20. The van der Waals surface area contributed by atoms with Crippen molar-refractivity contribution in [2.75, 3.05) is 12.0 Å². The van der Waals surface area contributed by atoms with Crippen molar-refractivity contribution >= 4 is 17.8 Å². The number of benzene rings is 3. The van der Waals surface area contributed by atoms with Crippen molar-refractivity contribution in [2.45, 2.75) is 13.1 Å². The van der Waals surface area contributed by atoms with Crippen molar-refractivity contribution in [1.82, 2.24) is 5.43 Å². The minimum atomic E-state index is -0.338. The van der Waals surface area contributed by atoms with Gasteiger partial charge in [0.15, 0.2) is 0 Å². The Morgan fingerprint density at radius 1 is 1.03 bits per heavy atom. The van der Waals surface area contributed by atoms with Crippen LogP contribution in [0.25, 0.3) is 0 Å². The number of amides is 1. The minimum absolute atomic E-state index is 0.0458. The van der Waals surface area contributed by atoms with Gasteiger partial charge in [0.05, 0.1) is 13.3 Å². The summed E-state index contributed by atoms with van der Waals surface area (Å²) in [4.78, 5) is 14.7. The van der Waals surface area contributed by atoms with Gasteiger partial charge in [-0.2, -0.15) is 5.10 Å². The molecule has 0 unspecified atom stereocenters. The molecule has 0 saturated heterocycles. The molecule has 0 atom stereocenters. The largest absolute Gasteiger partial charge is 0.508 e. The van der Waals surface area contributed by atoms with Crippen LogP contribution < -0.4 is 15.1 Å². The summed E-state index contributed by atoms with van der Waals surface area (Å²) in [5.41, 5.74) is 6.73. The first kappa shape index (κ1) is 19.3. The van der Waals surface area contributed by atoms with Crippen LogP contribution in [0.15, 0.2) is 65.8 Å². The zero-order valence-electron chi connectivity index (χ0n) is 16.4. The van der Waals surface area contributed by atoms with Crippen molar-refractivity contribution in [3.8, 4) is 17.2 Å². The van der Waals surface area contributed by atoms with Gasteiger partial charge >= 0.3 is 0 Å². The fraction of sp³-hybridized carbons (Fsp3) is 0.130. The molecule has 0 radical (unpaired) electrons. The van der Waals surface area contributed by atoms with E-state index in [0.717, 1.165) is 23.5 Å². The average molecular weight is 403 g/mol. The molecule has 7 heteroatoms. The fourth-order valence-corrected chi connectivity index (χ4v) is 3.38. The number of nitrogens with one attached hydrogen (secondary N) is 1. The highest BCUT2D eigenvalue weighted by Crippen LogP contribution is 2.30. The number of hydrazone groups is 1. The minimum Gasteiger partial charge on any atom is -0.508 e. The second-order valence-corrected chi connectivity index (χ2v) is 6.98. The number of aromatic hydroxyl groups is 2. The number of phenolic OH excluding ortho intramolecular Hbond substituents is 2. The Morgan fingerprint density at radius 2 is 1.80 bits per heavy atom. The fourth-order valence-electron chi connectivity index (χ4n) is 3.38. The van der Waals surface area contributed by atoms with Crippen LogP contribution in [0, 0.1) is 0 Å². The van der Waals surface area contributed by atoms with Gasteiger partial charge in [-0.25, -0.2) is 5.43 Å². The molecule has 3 N–H and O–H groups in total. The van der Waals surface area contributed by atoms with E-state index in [2.05, 4.69) is 15.4 Å². The Labute approximate surface area is 173 Å².